The molecule has 1 heterocycles. The van der Waals surface area contributed by atoms with Crippen LogP contribution >= 0.6 is 12.4 Å². The van der Waals surface area contributed by atoms with Gasteiger partial charge in [-0.15, -0.1) is 12.4 Å². The number of halogens is 1. The molecular weight excluding hydrogens is 232 g/mol. The third kappa shape index (κ3) is 6.27. The van der Waals surface area contributed by atoms with Crippen LogP contribution in [-0.4, -0.2) is 56.4 Å². The third-order valence-corrected chi connectivity index (χ3v) is 2.34. The minimum atomic E-state index is -0.520. The summed E-state index contributed by atoms with van der Waals surface area (Å²) in [6.07, 6.45) is 0.860. The number of nitrogens with two attached hydrogens (primary N) is 1. The van der Waals surface area contributed by atoms with Gasteiger partial charge in [0.25, 0.3) is 0 Å². The molecule has 16 heavy (non-hydrogen) atoms. The number of carbonyl (C=O) groups excluding carboxylic acids is 1. The molecular formula is C10H21ClN2O3. The molecule has 0 aliphatic carbocycles. The predicted octanol–water partition coefficient (Wildman–Crippen LogP) is 0.0209. The lowest BCUT2D eigenvalue weighted by Crippen LogP contribution is -2.37. The Morgan fingerprint density at radius 3 is 2.69 bits per heavy atom. The molecule has 0 amide bonds. The van der Waals surface area contributed by atoms with Crippen molar-refractivity contribution >= 4 is 18.4 Å². The molecule has 96 valence electrons. The molecule has 6 heteroatoms. The minimum Gasteiger partial charge on any atom is -0.464 e. The Hall–Kier alpha value is -0.360. The van der Waals surface area contributed by atoms with E-state index in [2.05, 4.69) is 4.90 Å². The summed E-state index contributed by atoms with van der Waals surface area (Å²) in [5.41, 5.74) is 5.36. The zero-order chi connectivity index (χ0) is 11.1. The highest BCUT2D eigenvalue weighted by Gasteiger charge is 2.11. The minimum absolute atomic E-state index is 0. The molecule has 5 nitrogen and oxygen atoms in total. The van der Waals surface area contributed by atoms with E-state index in [-0.39, 0.29) is 18.4 Å². The van der Waals surface area contributed by atoms with E-state index in [1.54, 1.807) is 6.92 Å². The first-order valence-corrected chi connectivity index (χ1v) is 5.42. The van der Waals surface area contributed by atoms with E-state index in [0.29, 0.717) is 6.61 Å². The van der Waals surface area contributed by atoms with Crippen molar-refractivity contribution in [2.24, 2.45) is 5.73 Å². The zero-order valence-electron chi connectivity index (χ0n) is 9.68. The van der Waals surface area contributed by atoms with Gasteiger partial charge < -0.3 is 15.2 Å². The summed E-state index contributed by atoms with van der Waals surface area (Å²) in [6.45, 7) is 6.60. The van der Waals surface area contributed by atoms with Gasteiger partial charge in [0, 0.05) is 19.6 Å². The molecule has 0 spiro atoms. The Morgan fingerprint density at radius 1 is 1.50 bits per heavy atom. The maximum absolute atomic E-state index is 11.0. The fourth-order valence-electron chi connectivity index (χ4n) is 1.42. The van der Waals surface area contributed by atoms with Crippen LogP contribution in [0.3, 0.4) is 0 Å². The normalized spacial score (nSPS) is 18.6. The Kier molecular flexibility index (Phi) is 8.56. The summed E-state index contributed by atoms with van der Waals surface area (Å²) < 4.78 is 10.2. The highest BCUT2D eigenvalue weighted by atomic mass is 35.5. The first kappa shape index (κ1) is 15.6. The fraction of sp³-hybridized carbons (Fsp3) is 0.900. The lowest BCUT2D eigenvalue weighted by Gasteiger charge is -2.26. The second-order valence-corrected chi connectivity index (χ2v) is 3.76. The molecule has 0 radical (unpaired) electrons. The van der Waals surface area contributed by atoms with E-state index in [1.807, 2.05) is 0 Å². The van der Waals surface area contributed by atoms with Crippen molar-refractivity contribution in [3.63, 3.8) is 0 Å². The standard InChI is InChI=1S/C10H20N2O3.ClH/c1-9(11)10(13)15-6-2-3-12-4-7-14-8-5-12;/h9H,2-8,11H2,1H3;1H/t9-;/m0./s1. The average molecular weight is 253 g/mol. The smallest absolute Gasteiger partial charge is 0.322 e. The van der Waals surface area contributed by atoms with Gasteiger partial charge in [-0.05, 0) is 13.3 Å². The van der Waals surface area contributed by atoms with Crippen LogP contribution in [0.1, 0.15) is 13.3 Å². The number of rotatable bonds is 5. The highest BCUT2D eigenvalue weighted by Crippen LogP contribution is 1.98. The van der Waals surface area contributed by atoms with Crippen molar-refractivity contribution in [1.82, 2.24) is 4.90 Å². The Morgan fingerprint density at radius 2 is 2.12 bits per heavy atom. The van der Waals surface area contributed by atoms with Crippen molar-refractivity contribution < 1.29 is 14.3 Å². The first-order chi connectivity index (χ1) is 7.20. The van der Waals surface area contributed by atoms with Gasteiger partial charge in [-0.3, -0.25) is 9.69 Å². The number of ether oxygens (including phenoxy) is 2. The molecule has 1 atom stereocenters. The van der Waals surface area contributed by atoms with E-state index >= 15 is 0 Å². The topological polar surface area (TPSA) is 64.8 Å². The number of esters is 1. The summed E-state index contributed by atoms with van der Waals surface area (Å²) in [7, 11) is 0. The largest absolute Gasteiger partial charge is 0.464 e. The maximum Gasteiger partial charge on any atom is 0.322 e. The van der Waals surface area contributed by atoms with Crippen LogP contribution in [0.4, 0.5) is 0 Å². The van der Waals surface area contributed by atoms with Crippen LogP contribution in [0.15, 0.2) is 0 Å². The van der Waals surface area contributed by atoms with Crippen molar-refractivity contribution in [3.8, 4) is 0 Å². The van der Waals surface area contributed by atoms with Crippen molar-refractivity contribution in [3.05, 3.63) is 0 Å². The van der Waals surface area contributed by atoms with Gasteiger partial charge in [0.2, 0.25) is 0 Å². The van der Waals surface area contributed by atoms with Crippen molar-refractivity contribution in [2.75, 3.05) is 39.5 Å². The summed E-state index contributed by atoms with van der Waals surface area (Å²) in [5, 5.41) is 0. The Labute approximate surface area is 103 Å². The second-order valence-electron chi connectivity index (χ2n) is 3.76. The van der Waals surface area contributed by atoms with Crippen LogP contribution in [0.2, 0.25) is 0 Å². The van der Waals surface area contributed by atoms with Crippen LogP contribution < -0.4 is 5.73 Å². The highest BCUT2D eigenvalue weighted by molar-refractivity contribution is 5.85. The summed E-state index contributed by atoms with van der Waals surface area (Å²) in [5.74, 6) is -0.322. The average Bonchev–Trinajstić information content (AvgIpc) is 2.25. The van der Waals surface area contributed by atoms with E-state index in [1.165, 1.54) is 0 Å². The number of nitrogens with zero attached hydrogens (tertiary/aromatic N) is 1. The van der Waals surface area contributed by atoms with Gasteiger partial charge in [-0.2, -0.15) is 0 Å². The number of hydrogen-bond donors (Lipinski definition) is 1. The quantitative estimate of drug-likeness (QED) is 0.552. The van der Waals surface area contributed by atoms with E-state index in [4.69, 9.17) is 15.2 Å². The Bertz CT molecular complexity index is 197. The molecule has 0 unspecified atom stereocenters. The van der Waals surface area contributed by atoms with E-state index < -0.39 is 6.04 Å². The second kappa shape index (κ2) is 8.75. The fourth-order valence-corrected chi connectivity index (χ4v) is 1.42. The summed E-state index contributed by atoms with van der Waals surface area (Å²) in [6, 6.07) is -0.520. The number of hydrogen-bond acceptors (Lipinski definition) is 5. The molecule has 0 aromatic carbocycles. The zero-order valence-corrected chi connectivity index (χ0v) is 10.5. The molecule has 1 saturated heterocycles. The monoisotopic (exact) mass is 252 g/mol. The SMILES string of the molecule is C[C@H](N)C(=O)OCCCN1CCOCC1.Cl. The Balaban J connectivity index is 0.00000225. The van der Waals surface area contributed by atoms with Gasteiger partial charge in [0.05, 0.1) is 19.8 Å². The molecule has 0 bridgehead atoms. The lowest BCUT2D eigenvalue weighted by molar-refractivity contribution is -0.145. The van der Waals surface area contributed by atoms with Crippen molar-refractivity contribution in [2.45, 2.75) is 19.4 Å². The van der Waals surface area contributed by atoms with Crippen LogP contribution in [0, 0.1) is 0 Å². The summed E-state index contributed by atoms with van der Waals surface area (Å²) in [4.78, 5) is 13.3. The summed E-state index contributed by atoms with van der Waals surface area (Å²) >= 11 is 0. The number of carbonyl (C=O) groups is 1. The lowest BCUT2D eigenvalue weighted by atomic mass is 10.3. The molecule has 1 aliphatic heterocycles. The van der Waals surface area contributed by atoms with Gasteiger partial charge in [-0.1, -0.05) is 0 Å². The predicted molar refractivity (Wildman–Crippen MR) is 63.7 cm³/mol. The van der Waals surface area contributed by atoms with E-state index in [0.717, 1.165) is 39.3 Å². The van der Waals surface area contributed by atoms with Gasteiger partial charge in [0.1, 0.15) is 6.04 Å². The number of morpholine rings is 1. The van der Waals surface area contributed by atoms with Gasteiger partial charge in [-0.25, -0.2) is 0 Å². The van der Waals surface area contributed by atoms with E-state index in [9.17, 15) is 4.79 Å². The molecule has 1 aliphatic rings. The van der Waals surface area contributed by atoms with Crippen molar-refractivity contribution in [1.29, 1.82) is 0 Å². The molecule has 2 N–H and O–H groups in total. The maximum atomic E-state index is 11.0. The molecule has 1 fully saturated rings. The van der Waals surface area contributed by atoms with Crippen LogP contribution in [0.5, 0.6) is 0 Å². The molecule has 0 saturated carbocycles. The van der Waals surface area contributed by atoms with Crippen LogP contribution in [0.25, 0.3) is 0 Å². The third-order valence-electron chi connectivity index (χ3n) is 2.34. The molecule has 0 aromatic rings. The first-order valence-electron chi connectivity index (χ1n) is 5.42. The van der Waals surface area contributed by atoms with Crippen LogP contribution in [-0.2, 0) is 14.3 Å². The molecule has 0 aromatic heterocycles. The van der Waals surface area contributed by atoms with Gasteiger partial charge in [0.15, 0.2) is 0 Å². The van der Waals surface area contributed by atoms with Gasteiger partial charge >= 0.3 is 5.97 Å². The molecule has 1 rings (SSSR count).